The number of aliphatic hydroxyl groups excluding tert-OH is 1. The van der Waals surface area contributed by atoms with Crippen LogP contribution in [0.1, 0.15) is 33.1 Å². The predicted molar refractivity (Wildman–Crippen MR) is 34.8 cm³/mol. The second kappa shape index (κ2) is 17.0. The number of hydrogen-bond acceptors (Lipinski definition) is 1. The Bertz CT molecular complexity index is 42.7. The minimum Gasteiger partial charge on any atom is -0.412 e. The molecule has 0 fully saturated rings. The van der Waals surface area contributed by atoms with Crippen LogP contribution in [-0.2, 0) is 52.4 Å². The summed E-state index contributed by atoms with van der Waals surface area (Å²) in [4.78, 5) is 0. The van der Waals surface area contributed by atoms with E-state index in [1.807, 2.05) is 6.92 Å². The van der Waals surface area contributed by atoms with Crippen molar-refractivity contribution in [3.63, 3.8) is 0 Å². The van der Waals surface area contributed by atoms with Gasteiger partial charge in [-0.25, -0.2) is 0 Å². The second-order valence-electron chi connectivity index (χ2n) is 1.99. The second-order valence-corrected chi connectivity index (χ2v) is 1.99. The molecule has 4 heteroatoms. The average Bonchev–Trinajstić information content (AvgIpc) is 1.61. The first-order valence-corrected chi connectivity index (χ1v) is 2.95. The summed E-state index contributed by atoms with van der Waals surface area (Å²) in [6, 6.07) is 0. The van der Waals surface area contributed by atoms with Crippen molar-refractivity contribution in [1.29, 1.82) is 0 Å². The third-order valence-corrected chi connectivity index (χ3v) is 0.975. The quantitative estimate of drug-likeness (QED) is 0.821. The monoisotopic (exact) mass is 300 g/mol. The Kier molecular flexibility index (Phi) is 38.3. The fraction of sp³-hybridized carbons (Fsp3) is 1.00. The largest absolute Gasteiger partial charge is 0.412 e. The standard InChI is InChI=1S/C6H14O.H2O.2Zr/c1-3-4-5-6(2)7;;;/h6-7H,3-5H2,1-2H3;1H2;;. The van der Waals surface area contributed by atoms with Gasteiger partial charge in [0.25, 0.3) is 0 Å². The number of aliphatic hydroxyl groups is 1. The smallest absolute Gasteiger partial charge is 0.0512 e. The fourth-order valence-electron chi connectivity index (χ4n) is 0.500. The zero-order chi connectivity index (χ0) is 5.70. The van der Waals surface area contributed by atoms with E-state index in [-0.39, 0.29) is 64.0 Å². The SMILES string of the molecule is CCCCC(C)O.O.[Zr].[Zr]. The maximum Gasteiger partial charge on any atom is 0.0512 e. The van der Waals surface area contributed by atoms with Gasteiger partial charge in [-0.15, -0.1) is 0 Å². The molecule has 0 aromatic heterocycles. The molecule has 0 amide bonds. The summed E-state index contributed by atoms with van der Waals surface area (Å²) in [6.07, 6.45) is 3.19. The summed E-state index contributed by atoms with van der Waals surface area (Å²) in [7, 11) is 0. The van der Waals surface area contributed by atoms with E-state index in [0.717, 1.165) is 12.8 Å². The van der Waals surface area contributed by atoms with Gasteiger partial charge < -0.3 is 10.6 Å². The van der Waals surface area contributed by atoms with Crippen LogP contribution in [0.4, 0.5) is 0 Å². The third kappa shape index (κ3) is 22.6. The van der Waals surface area contributed by atoms with Gasteiger partial charge in [-0.05, 0) is 13.3 Å². The van der Waals surface area contributed by atoms with Crippen molar-refractivity contribution < 1.29 is 63.0 Å². The van der Waals surface area contributed by atoms with E-state index in [2.05, 4.69) is 6.92 Å². The average molecular weight is 303 g/mol. The summed E-state index contributed by atoms with van der Waals surface area (Å²) in [5, 5.41) is 8.68. The van der Waals surface area contributed by atoms with Crippen LogP contribution in [0.5, 0.6) is 0 Å². The van der Waals surface area contributed by atoms with Crippen LogP contribution in [0, 0.1) is 0 Å². The van der Waals surface area contributed by atoms with E-state index in [0.29, 0.717) is 0 Å². The van der Waals surface area contributed by atoms with E-state index in [4.69, 9.17) is 5.11 Å². The Labute approximate surface area is 101 Å². The van der Waals surface area contributed by atoms with Gasteiger partial charge in [-0.1, -0.05) is 19.8 Å². The van der Waals surface area contributed by atoms with Crippen LogP contribution in [0.3, 0.4) is 0 Å². The van der Waals surface area contributed by atoms with Gasteiger partial charge in [0, 0.05) is 52.4 Å². The van der Waals surface area contributed by atoms with Crippen molar-refractivity contribution >= 4 is 0 Å². The van der Waals surface area contributed by atoms with E-state index >= 15 is 0 Å². The third-order valence-electron chi connectivity index (χ3n) is 0.975. The molecule has 0 heterocycles. The summed E-state index contributed by atoms with van der Waals surface area (Å²) in [5.41, 5.74) is 0. The summed E-state index contributed by atoms with van der Waals surface area (Å²) in [6.45, 7) is 3.96. The Morgan fingerprint density at radius 2 is 1.70 bits per heavy atom. The molecule has 0 aliphatic carbocycles. The molecule has 1 atom stereocenters. The summed E-state index contributed by atoms with van der Waals surface area (Å²) < 4.78 is 0. The van der Waals surface area contributed by atoms with Gasteiger partial charge >= 0.3 is 0 Å². The molecule has 10 heavy (non-hydrogen) atoms. The fourth-order valence-corrected chi connectivity index (χ4v) is 0.500. The number of rotatable bonds is 3. The van der Waals surface area contributed by atoms with Gasteiger partial charge in [0.05, 0.1) is 6.10 Å². The molecule has 0 radical (unpaired) electrons. The topological polar surface area (TPSA) is 51.7 Å². The van der Waals surface area contributed by atoms with Crippen molar-refractivity contribution in [3.05, 3.63) is 0 Å². The first-order valence-electron chi connectivity index (χ1n) is 2.95. The zero-order valence-corrected chi connectivity index (χ0v) is 11.6. The first kappa shape index (κ1) is 22.6. The Morgan fingerprint density at radius 3 is 1.80 bits per heavy atom. The maximum absolute atomic E-state index is 8.68. The van der Waals surface area contributed by atoms with Gasteiger partial charge in [0.2, 0.25) is 0 Å². The van der Waals surface area contributed by atoms with Gasteiger partial charge in [-0.2, -0.15) is 0 Å². The summed E-state index contributed by atoms with van der Waals surface area (Å²) >= 11 is 0. The molecule has 0 rings (SSSR count). The van der Waals surface area contributed by atoms with Crippen molar-refractivity contribution in [2.45, 2.75) is 39.2 Å². The van der Waals surface area contributed by atoms with Crippen LogP contribution in [-0.4, -0.2) is 16.7 Å². The first-order chi connectivity index (χ1) is 3.27. The molecule has 0 aliphatic heterocycles. The van der Waals surface area contributed by atoms with Gasteiger partial charge in [-0.3, -0.25) is 0 Å². The maximum atomic E-state index is 8.68. The molecular formula is C6H16O2Zr2. The van der Waals surface area contributed by atoms with Crippen LogP contribution in [0.25, 0.3) is 0 Å². The molecule has 0 aromatic carbocycles. The Morgan fingerprint density at radius 1 is 1.30 bits per heavy atom. The van der Waals surface area contributed by atoms with E-state index in [1.165, 1.54) is 6.42 Å². The van der Waals surface area contributed by atoms with Crippen molar-refractivity contribution in [1.82, 2.24) is 0 Å². The van der Waals surface area contributed by atoms with Crippen LogP contribution >= 0.6 is 0 Å². The van der Waals surface area contributed by atoms with Crippen molar-refractivity contribution in [2.24, 2.45) is 0 Å². The molecule has 2 nitrogen and oxygen atoms in total. The number of hydrogen-bond donors (Lipinski definition) is 1. The molecule has 0 spiro atoms. The molecule has 0 saturated heterocycles. The summed E-state index contributed by atoms with van der Waals surface area (Å²) in [5.74, 6) is 0. The zero-order valence-electron chi connectivity index (χ0n) is 6.65. The minimum atomic E-state index is -0.0973. The van der Waals surface area contributed by atoms with Crippen molar-refractivity contribution in [3.8, 4) is 0 Å². The van der Waals surface area contributed by atoms with Crippen LogP contribution < -0.4 is 0 Å². The molecular weight excluding hydrogens is 287 g/mol. The minimum absolute atomic E-state index is 0. The molecule has 1 unspecified atom stereocenters. The molecule has 0 aliphatic rings. The molecule has 3 N–H and O–H groups in total. The Balaban J connectivity index is -0.0000000600. The van der Waals surface area contributed by atoms with Crippen LogP contribution in [0.15, 0.2) is 0 Å². The predicted octanol–water partition coefficient (Wildman–Crippen LogP) is 0.728. The molecule has 0 aromatic rings. The normalized spacial score (nSPS) is 9.90. The van der Waals surface area contributed by atoms with Crippen LogP contribution in [0.2, 0.25) is 0 Å². The van der Waals surface area contributed by atoms with Gasteiger partial charge in [0.15, 0.2) is 0 Å². The molecule has 0 saturated carbocycles. The molecule has 0 bridgehead atoms. The number of unbranched alkanes of at least 4 members (excludes halogenated alkanes) is 1. The van der Waals surface area contributed by atoms with E-state index < -0.39 is 0 Å². The van der Waals surface area contributed by atoms with Gasteiger partial charge in [0.1, 0.15) is 0 Å². The van der Waals surface area contributed by atoms with E-state index in [1.54, 1.807) is 0 Å². The van der Waals surface area contributed by atoms with E-state index in [9.17, 15) is 0 Å². The van der Waals surface area contributed by atoms with Crippen molar-refractivity contribution in [2.75, 3.05) is 0 Å². The molecule has 60 valence electrons. The Hall–Kier alpha value is 1.69.